The number of phenolic OH excluding ortho intramolecular Hbond substituents is 1. The van der Waals surface area contributed by atoms with Gasteiger partial charge >= 0.3 is 0 Å². The number of alkyl halides is 1. The molecule has 0 bridgehead atoms. The maximum absolute atomic E-state index is 10.2. The Morgan fingerprint density at radius 1 is 0.788 bits per heavy atom. The molecule has 0 unspecified atom stereocenters. The van der Waals surface area contributed by atoms with Gasteiger partial charge in [0.05, 0.1) is 41.3 Å². The number of phenols is 1. The van der Waals surface area contributed by atoms with Crippen LogP contribution >= 0.6 is 11.9 Å². The Balaban J connectivity index is 0.00000187. The molecule has 0 heterocycles. The molecule has 0 fully saturated rings. The molecule has 176 valence electrons. The molecule has 8 heteroatoms. The molecular weight excluding hydrogens is 445 g/mol. The summed E-state index contributed by atoms with van der Waals surface area (Å²) in [5, 5.41) is 10.2. The van der Waals surface area contributed by atoms with Crippen LogP contribution in [0.25, 0.3) is 12.2 Å². The highest BCUT2D eigenvalue weighted by Crippen LogP contribution is 2.41. The molecule has 0 atom stereocenters. The summed E-state index contributed by atoms with van der Waals surface area (Å²) < 4.78 is 34.5. The van der Waals surface area contributed by atoms with Crippen LogP contribution in [0.4, 0.5) is 10.1 Å². The maximum Gasteiger partial charge on any atom is 0.203 e. The lowest BCUT2D eigenvalue weighted by Crippen LogP contribution is -1.96. The second-order valence-corrected chi connectivity index (χ2v) is 7.27. The van der Waals surface area contributed by atoms with Crippen molar-refractivity contribution < 1.29 is 28.4 Å². The van der Waals surface area contributed by atoms with Gasteiger partial charge in [0.15, 0.2) is 23.0 Å². The Bertz CT molecular complexity index is 1040. The SMILES string of the molecule is CF.COc1cc(/C=C\c2ccc(O)c(OC)c2NSc2ccccc2)cc(OC)c1OC. The van der Waals surface area contributed by atoms with Gasteiger partial charge in [0.1, 0.15) is 0 Å². The highest BCUT2D eigenvalue weighted by Gasteiger charge is 2.14. The summed E-state index contributed by atoms with van der Waals surface area (Å²) >= 11 is 1.43. The molecule has 0 saturated heterocycles. The first-order chi connectivity index (χ1) is 16.1. The number of methoxy groups -OCH3 is 4. The Labute approximate surface area is 198 Å². The molecule has 0 aliphatic heterocycles. The zero-order valence-electron chi connectivity index (χ0n) is 19.2. The molecule has 0 saturated carbocycles. The van der Waals surface area contributed by atoms with Crippen LogP contribution in [0, 0.1) is 0 Å². The lowest BCUT2D eigenvalue weighted by Gasteiger charge is -2.15. The van der Waals surface area contributed by atoms with Crippen molar-refractivity contribution in [2.45, 2.75) is 4.90 Å². The van der Waals surface area contributed by atoms with E-state index in [1.165, 1.54) is 19.1 Å². The van der Waals surface area contributed by atoms with E-state index in [2.05, 4.69) is 4.72 Å². The lowest BCUT2D eigenvalue weighted by molar-refractivity contribution is 0.324. The number of ether oxygens (including phenoxy) is 4. The van der Waals surface area contributed by atoms with Gasteiger partial charge in [-0.2, -0.15) is 0 Å². The van der Waals surface area contributed by atoms with E-state index in [-0.39, 0.29) is 5.75 Å². The summed E-state index contributed by atoms with van der Waals surface area (Å²) in [6.45, 7) is 0. The summed E-state index contributed by atoms with van der Waals surface area (Å²) in [6.07, 6.45) is 3.85. The largest absolute Gasteiger partial charge is 0.504 e. The van der Waals surface area contributed by atoms with Crippen molar-refractivity contribution in [1.29, 1.82) is 0 Å². The van der Waals surface area contributed by atoms with Crippen LogP contribution in [0.5, 0.6) is 28.7 Å². The summed E-state index contributed by atoms with van der Waals surface area (Å²) in [5.41, 5.74) is 2.37. The van der Waals surface area contributed by atoms with E-state index >= 15 is 0 Å². The molecule has 3 rings (SSSR count). The number of rotatable bonds is 9. The monoisotopic (exact) mass is 473 g/mol. The lowest BCUT2D eigenvalue weighted by atomic mass is 10.1. The smallest absolute Gasteiger partial charge is 0.203 e. The molecule has 3 aromatic carbocycles. The maximum atomic E-state index is 10.2. The van der Waals surface area contributed by atoms with Crippen molar-refractivity contribution in [2.24, 2.45) is 0 Å². The number of halogens is 1. The minimum absolute atomic E-state index is 0.0589. The van der Waals surface area contributed by atoms with Gasteiger partial charge in [-0.05, 0) is 53.9 Å². The van der Waals surface area contributed by atoms with Crippen LogP contribution in [0.2, 0.25) is 0 Å². The van der Waals surface area contributed by atoms with Gasteiger partial charge in [-0.15, -0.1) is 0 Å². The van der Waals surface area contributed by atoms with E-state index in [1.54, 1.807) is 27.4 Å². The number of nitrogens with one attached hydrogen (secondary N) is 1. The fourth-order valence-corrected chi connectivity index (χ4v) is 3.74. The fraction of sp³-hybridized carbons (Fsp3) is 0.200. The average molecular weight is 474 g/mol. The van der Waals surface area contributed by atoms with Crippen LogP contribution in [-0.2, 0) is 0 Å². The van der Waals surface area contributed by atoms with E-state index in [1.807, 2.05) is 60.7 Å². The standard InChI is InChI=1S/C24H25NO5S.CH3F/c1-27-20-14-16(15-21(28-2)24(20)30-4)10-11-17-12-13-19(26)23(29-3)22(17)25-31-18-8-6-5-7-9-18;1-2/h5-15,25-26H,1-4H3;1H3/b11-10-;. The van der Waals surface area contributed by atoms with Crippen molar-refractivity contribution >= 4 is 29.8 Å². The first kappa shape index (κ1) is 25.7. The van der Waals surface area contributed by atoms with E-state index < -0.39 is 0 Å². The molecule has 0 aliphatic rings. The highest BCUT2D eigenvalue weighted by molar-refractivity contribution is 8.00. The summed E-state index contributed by atoms with van der Waals surface area (Å²) in [6, 6.07) is 17.0. The van der Waals surface area contributed by atoms with Crippen molar-refractivity contribution in [3.05, 3.63) is 65.7 Å². The Morgan fingerprint density at radius 2 is 1.39 bits per heavy atom. The predicted molar refractivity (Wildman–Crippen MR) is 133 cm³/mol. The van der Waals surface area contributed by atoms with Gasteiger partial charge in [-0.3, -0.25) is 4.39 Å². The summed E-state index contributed by atoms with van der Waals surface area (Å²) in [4.78, 5) is 1.03. The number of hydrogen-bond donors (Lipinski definition) is 2. The molecule has 2 N–H and O–H groups in total. The van der Waals surface area contributed by atoms with Crippen molar-refractivity contribution in [3.63, 3.8) is 0 Å². The Morgan fingerprint density at radius 3 is 1.94 bits per heavy atom. The van der Waals surface area contributed by atoms with Gasteiger partial charge in [0.2, 0.25) is 5.75 Å². The van der Waals surface area contributed by atoms with Gasteiger partial charge < -0.3 is 28.8 Å². The molecule has 33 heavy (non-hydrogen) atoms. The van der Waals surface area contributed by atoms with Crippen molar-refractivity contribution in [3.8, 4) is 28.7 Å². The third-order valence-corrected chi connectivity index (χ3v) is 5.34. The third kappa shape index (κ3) is 6.49. The van der Waals surface area contributed by atoms with Crippen LogP contribution < -0.4 is 23.7 Å². The minimum Gasteiger partial charge on any atom is -0.504 e. The highest BCUT2D eigenvalue weighted by atomic mass is 32.2. The first-order valence-corrected chi connectivity index (χ1v) is 10.7. The van der Waals surface area contributed by atoms with Crippen molar-refractivity contribution in [2.75, 3.05) is 40.3 Å². The second kappa shape index (κ2) is 13.1. The first-order valence-electron chi connectivity index (χ1n) is 9.85. The quantitative estimate of drug-likeness (QED) is 0.279. The molecule has 0 aromatic heterocycles. The number of aromatic hydroxyl groups is 1. The predicted octanol–water partition coefficient (Wildman–Crippen LogP) is 6.30. The second-order valence-electron chi connectivity index (χ2n) is 6.39. The number of hydrogen-bond acceptors (Lipinski definition) is 7. The Kier molecular flexibility index (Phi) is 10.2. The van der Waals surface area contributed by atoms with E-state index in [0.29, 0.717) is 35.9 Å². The Hall–Kier alpha value is -3.52. The fourth-order valence-electron chi connectivity index (χ4n) is 3.02. The zero-order chi connectivity index (χ0) is 24.2. The molecule has 0 radical (unpaired) electrons. The van der Waals surface area contributed by atoms with Crippen molar-refractivity contribution in [1.82, 2.24) is 0 Å². The molecule has 0 aliphatic carbocycles. The van der Waals surface area contributed by atoms with Gasteiger partial charge in [-0.1, -0.05) is 30.4 Å². The van der Waals surface area contributed by atoms with Gasteiger partial charge in [-0.25, -0.2) is 0 Å². The number of benzene rings is 3. The summed E-state index contributed by atoms with van der Waals surface area (Å²) in [5.74, 6) is 2.11. The van der Waals surface area contributed by atoms with Crippen LogP contribution in [0.15, 0.2) is 59.5 Å². The number of anilines is 1. The zero-order valence-corrected chi connectivity index (χ0v) is 20.0. The molecule has 6 nitrogen and oxygen atoms in total. The van der Waals surface area contributed by atoms with E-state index in [4.69, 9.17) is 18.9 Å². The van der Waals surface area contributed by atoms with E-state index in [9.17, 15) is 9.50 Å². The van der Waals surface area contributed by atoms with Crippen LogP contribution in [-0.4, -0.2) is 40.7 Å². The molecule has 3 aromatic rings. The topological polar surface area (TPSA) is 69.2 Å². The average Bonchev–Trinajstić information content (AvgIpc) is 2.87. The molecule has 0 amide bonds. The van der Waals surface area contributed by atoms with Crippen LogP contribution in [0.1, 0.15) is 11.1 Å². The normalized spacial score (nSPS) is 10.2. The summed E-state index contributed by atoms with van der Waals surface area (Å²) in [7, 11) is 6.76. The van der Waals surface area contributed by atoms with Gasteiger partial charge in [0, 0.05) is 10.5 Å². The molecule has 0 spiro atoms. The molecular formula is C25H28FNO5S. The minimum atomic E-state index is 0.0589. The van der Waals surface area contributed by atoms with Crippen LogP contribution in [0.3, 0.4) is 0 Å². The third-order valence-electron chi connectivity index (χ3n) is 4.53. The van der Waals surface area contributed by atoms with E-state index in [0.717, 1.165) is 16.0 Å². The van der Waals surface area contributed by atoms with Gasteiger partial charge in [0.25, 0.3) is 0 Å².